The summed E-state index contributed by atoms with van der Waals surface area (Å²) in [5.41, 5.74) is 5.19. The highest BCUT2D eigenvalue weighted by Crippen LogP contribution is 1.98. The second-order valence-corrected chi connectivity index (χ2v) is 2.57. The number of amides is 1. The van der Waals surface area contributed by atoms with Gasteiger partial charge in [-0.25, -0.2) is 9.59 Å². The number of hydrogen-bond donors (Lipinski definition) is 2. The molecule has 0 aliphatic carbocycles. The Labute approximate surface area is 81.9 Å². The largest absolute Gasteiger partial charge is 0.480 e. The predicted molar refractivity (Wildman–Crippen MR) is 49.8 cm³/mol. The lowest BCUT2D eigenvalue weighted by Gasteiger charge is -2.22. The number of carbonyl (C=O) groups is 2. The average Bonchev–Trinajstić information content (AvgIpc) is 2.14. The quantitative estimate of drug-likeness (QED) is 0.594. The number of hydrogen-bond acceptors (Lipinski definition) is 4. The number of likely N-dealkylation sites (N-methyl/N-ethyl adjacent to an activating group) is 1. The summed E-state index contributed by atoms with van der Waals surface area (Å²) in [6, 6.07) is -1.06. The number of carboxylic acid groups (broad SMARTS) is 1. The third kappa shape index (κ3) is 3.44. The Kier molecular flexibility index (Phi) is 5.31. The monoisotopic (exact) mass is 202 g/mol. The Morgan fingerprint density at radius 2 is 2.29 bits per heavy atom. The molecule has 0 rings (SSSR count). The summed E-state index contributed by atoms with van der Waals surface area (Å²) >= 11 is 0. The standard InChI is InChI=1S/C8H14N2O4/c1-3-4-14-8(13)10(2)6(5-9)7(11)12/h3,6H,1,4-5,9H2,2H3,(H,11,12). The molecule has 0 aromatic heterocycles. The molecule has 80 valence electrons. The van der Waals surface area contributed by atoms with Gasteiger partial charge in [0.05, 0.1) is 0 Å². The maximum absolute atomic E-state index is 11.1. The SMILES string of the molecule is C=CCOC(=O)N(C)C(CN)C(=O)O. The number of carbonyl (C=O) groups excluding carboxylic acids is 1. The van der Waals surface area contributed by atoms with Gasteiger partial charge in [-0.05, 0) is 0 Å². The lowest BCUT2D eigenvalue weighted by atomic mass is 10.3. The highest BCUT2D eigenvalue weighted by atomic mass is 16.6. The van der Waals surface area contributed by atoms with Crippen molar-refractivity contribution < 1.29 is 19.4 Å². The number of nitrogens with zero attached hydrogens (tertiary/aromatic N) is 1. The molecule has 1 amide bonds. The zero-order valence-electron chi connectivity index (χ0n) is 7.97. The van der Waals surface area contributed by atoms with Crippen molar-refractivity contribution >= 4 is 12.1 Å². The van der Waals surface area contributed by atoms with Gasteiger partial charge in [0.1, 0.15) is 12.6 Å². The van der Waals surface area contributed by atoms with Crippen molar-refractivity contribution in [3.8, 4) is 0 Å². The third-order valence-electron chi connectivity index (χ3n) is 1.59. The first-order valence-electron chi connectivity index (χ1n) is 3.98. The molecule has 0 fully saturated rings. The summed E-state index contributed by atoms with van der Waals surface area (Å²) in [6.45, 7) is 3.24. The van der Waals surface area contributed by atoms with E-state index in [-0.39, 0.29) is 13.2 Å². The Balaban J connectivity index is 4.26. The second kappa shape index (κ2) is 5.98. The maximum Gasteiger partial charge on any atom is 0.410 e. The van der Waals surface area contributed by atoms with Gasteiger partial charge in [-0.2, -0.15) is 0 Å². The molecular weight excluding hydrogens is 188 g/mol. The molecule has 0 aromatic rings. The number of aliphatic carboxylic acids is 1. The van der Waals surface area contributed by atoms with Crippen molar-refractivity contribution in [2.24, 2.45) is 5.73 Å². The minimum absolute atomic E-state index is 0.0417. The molecule has 0 aromatic carbocycles. The van der Waals surface area contributed by atoms with E-state index in [0.717, 1.165) is 4.90 Å². The van der Waals surface area contributed by atoms with Crippen LogP contribution in [0.15, 0.2) is 12.7 Å². The molecule has 0 heterocycles. The summed E-state index contributed by atoms with van der Waals surface area (Å²) in [4.78, 5) is 22.7. The normalized spacial score (nSPS) is 11.6. The molecule has 1 unspecified atom stereocenters. The molecule has 3 N–H and O–H groups in total. The number of carboxylic acids is 1. The minimum Gasteiger partial charge on any atom is -0.480 e. The van der Waals surface area contributed by atoms with Crippen LogP contribution in [-0.4, -0.2) is 48.3 Å². The second-order valence-electron chi connectivity index (χ2n) is 2.57. The van der Waals surface area contributed by atoms with Crippen LogP contribution >= 0.6 is 0 Å². The predicted octanol–water partition coefficient (Wildman–Crippen LogP) is -0.347. The van der Waals surface area contributed by atoms with Crippen LogP contribution in [0.2, 0.25) is 0 Å². The minimum atomic E-state index is -1.16. The van der Waals surface area contributed by atoms with Crippen molar-refractivity contribution in [3.63, 3.8) is 0 Å². The van der Waals surface area contributed by atoms with Crippen molar-refractivity contribution in [2.75, 3.05) is 20.2 Å². The van der Waals surface area contributed by atoms with Crippen LogP contribution in [0.25, 0.3) is 0 Å². The molecule has 0 saturated heterocycles. The first-order chi connectivity index (χ1) is 6.54. The lowest BCUT2D eigenvalue weighted by Crippen LogP contribution is -2.47. The van der Waals surface area contributed by atoms with Gasteiger partial charge in [-0.15, -0.1) is 0 Å². The molecule has 0 saturated carbocycles. The molecular formula is C8H14N2O4. The molecule has 0 aliphatic rings. The van der Waals surface area contributed by atoms with E-state index in [1.807, 2.05) is 0 Å². The average molecular weight is 202 g/mol. The van der Waals surface area contributed by atoms with Crippen LogP contribution in [0.3, 0.4) is 0 Å². The smallest absolute Gasteiger partial charge is 0.410 e. The number of rotatable bonds is 5. The zero-order valence-corrected chi connectivity index (χ0v) is 7.97. The summed E-state index contributed by atoms with van der Waals surface area (Å²) in [5, 5.41) is 8.67. The first kappa shape index (κ1) is 12.4. The Morgan fingerprint density at radius 1 is 1.71 bits per heavy atom. The molecule has 6 heteroatoms. The van der Waals surface area contributed by atoms with Crippen LogP contribution in [0.4, 0.5) is 4.79 Å². The summed E-state index contributed by atoms with van der Waals surface area (Å²) < 4.78 is 4.64. The summed E-state index contributed by atoms with van der Waals surface area (Å²) in [5.74, 6) is -1.16. The van der Waals surface area contributed by atoms with Gasteiger partial charge in [0.25, 0.3) is 0 Å². The van der Waals surface area contributed by atoms with Gasteiger partial charge in [0, 0.05) is 13.6 Å². The molecule has 0 aliphatic heterocycles. The molecule has 0 radical (unpaired) electrons. The van der Waals surface area contributed by atoms with Crippen LogP contribution in [-0.2, 0) is 9.53 Å². The van der Waals surface area contributed by atoms with Crippen molar-refractivity contribution in [1.82, 2.24) is 4.90 Å². The Hall–Kier alpha value is -1.56. The molecule has 14 heavy (non-hydrogen) atoms. The molecule has 0 bridgehead atoms. The van der Waals surface area contributed by atoms with Crippen LogP contribution < -0.4 is 5.73 Å². The molecule has 1 atom stereocenters. The zero-order chi connectivity index (χ0) is 11.1. The Bertz CT molecular complexity index is 229. The lowest BCUT2D eigenvalue weighted by molar-refractivity contribution is -0.141. The van der Waals surface area contributed by atoms with E-state index in [9.17, 15) is 9.59 Å². The van der Waals surface area contributed by atoms with E-state index in [2.05, 4.69) is 11.3 Å². The highest BCUT2D eigenvalue weighted by Gasteiger charge is 2.25. The van der Waals surface area contributed by atoms with Crippen molar-refractivity contribution in [3.05, 3.63) is 12.7 Å². The van der Waals surface area contributed by atoms with E-state index >= 15 is 0 Å². The third-order valence-corrected chi connectivity index (χ3v) is 1.59. The van der Waals surface area contributed by atoms with Gasteiger partial charge in [-0.1, -0.05) is 12.7 Å². The van der Waals surface area contributed by atoms with E-state index in [4.69, 9.17) is 10.8 Å². The van der Waals surface area contributed by atoms with Crippen LogP contribution in [0.1, 0.15) is 0 Å². The first-order valence-corrected chi connectivity index (χ1v) is 3.98. The van der Waals surface area contributed by atoms with E-state index in [1.54, 1.807) is 0 Å². The van der Waals surface area contributed by atoms with Gasteiger partial charge < -0.3 is 15.6 Å². The van der Waals surface area contributed by atoms with Crippen molar-refractivity contribution in [2.45, 2.75) is 6.04 Å². The topological polar surface area (TPSA) is 92.9 Å². The fourth-order valence-electron chi connectivity index (χ4n) is 0.784. The fourth-order valence-corrected chi connectivity index (χ4v) is 0.784. The fraction of sp³-hybridized carbons (Fsp3) is 0.500. The van der Waals surface area contributed by atoms with E-state index in [1.165, 1.54) is 13.1 Å². The van der Waals surface area contributed by atoms with E-state index in [0.29, 0.717) is 0 Å². The molecule has 0 spiro atoms. The molecule has 6 nitrogen and oxygen atoms in total. The number of ether oxygens (including phenoxy) is 1. The summed E-state index contributed by atoms with van der Waals surface area (Å²) in [7, 11) is 1.32. The van der Waals surface area contributed by atoms with E-state index < -0.39 is 18.1 Å². The van der Waals surface area contributed by atoms with Crippen molar-refractivity contribution in [1.29, 1.82) is 0 Å². The van der Waals surface area contributed by atoms with Gasteiger partial charge in [0.15, 0.2) is 0 Å². The summed E-state index contributed by atoms with van der Waals surface area (Å²) in [6.07, 6.45) is 0.659. The van der Waals surface area contributed by atoms with Gasteiger partial charge in [0.2, 0.25) is 0 Å². The Morgan fingerprint density at radius 3 is 2.64 bits per heavy atom. The number of nitrogens with two attached hydrogens (primary N) is 1. The van der Waals surface area contributed by atoms with Gasteiger partial charge >= 0.3 is 12.1 Å². The van der Waals surface area contributed by atoms with Crippen LogP contribution in [0.5, 0.6) is 0 Å². The van der Waals surface area contributed by atoms with Gasteiger partial charge in [-0.3, -0.25) is 4.90 Å². The van der Waals surface area contributed by atoms with Crippen LogP contribution in [0, 0.1) is 0 Å². The highest BCUT2D eigenvalue weighted by molar-refractivity contribution is 5.80. The maximum atomic E-state index is 11.1.